The van der Waals surface area contributed by atoms with E-state index in [1.165, 1.54) is 0 Å². The number of benzene rings is 2. The second-order valence-corrected chi connectivity index (χ2v) is 8.51. The molecule has 1 aliphatic heterocycles. The molecule has 1 saturated heterocycles. The highest BCUT2D eigenvalue weighted by Crippen LogP contribution is 2.44. The van der Waals surface area contributed by atoms with Crippen LogP contribution in [0.2, 0.25) is 0 Å². The molecule has 0 radical (unpaired) electrons. The zero-order valence-electron chi connectivity index (χ0n) is 18.6. The number of carboxylic acid groups (broad SMARTS) is 1. The lowest BCUT2D eigenvalue weighted by Gasteiger charge is -2.16. The lowest BCUT2D eigenvalue weighted by Crippen LogP contribution is -2.44. The van der Waals surface area contributed by atoms with Gasteiger partial charge in [0.15, 0.2) is 0 Å². The van der Waals surface area contributed by atoms with Gasteiger partial charge in [0.2, 0.25) is 5.91 Å². The van der Waals surface area contributed by atoms with Crippen LogP contribution in [-0.2, 0) is 19.1 Å². The van der Waals surface area contributed by atoms with Crippen molar-refractivity contribution in [3.05, 3.63) is 59.7 Å². The van der Waals surface area contributed by atoms with Crippen LogP contribution in [0.4, 0.5) is 4.79 Å². The number of aliphatic carboxylic acids is 1. The average Bonchev–Trinajstić information content (AvgIpc) is 3.44. The predicted molar refractivity (Wildman–Crippen MR) is 122 cm³/mol. The Morgan fingerprint density at radius 3 is 2.32 bits per heavy atom. The summed E-state index contributed by atoms with van der Waals surface area (Å²) >= 11 is 0. The standard InChI is InChI=1S/C25H28N2O7/c28-10-9-22(24(30)31)27-23(29)15-11-16(33-13-15)12-26-25(32)34-14-21-19-7-3-1-5-17(19)18-6-2-4-8-20(18)21/h1-8,15-16,21-22,28H,9-14H2,(H,26,32)(H,27,29)(H,30,31)/t15-,16-,22+/m0/s1. The van der Waals surface area contributed by atoms with Crippen LogP contribution in [0.5, 0.6) is 0 Å². The molecule has 2 aromatic carbocycles. The number of carbonyl (C=O) groups excluding carboxylic acids is 2. The number of hydrogen-bond acceptors (Lipinski definition) is 6. The zero-order chi connectivity index (χ0) is 24.1. The molecule has 9 nitrogen and oxygen atoms in total. The van der Waals surface area contributed by atoms with Crippen molar-refractivity contribution in [1.29, 1.82) is 0 Å². The van der Waals surface area contributed by atoms with E-state index >= 15 is 0 Å². The second kappa shape index (κ2) is 10.7. The largest absolute Gasteiger partial charge is 0.480 e. The van der Waals surface area contributed by atoms with Crippen molar-refractivity contribution in [2.24, 2.45) is 5.92 Å². The number of rotatable bonds is 9. The number of ether oxygens (including phenoxy) is 2. The highest BCUT2D eigenvalue weighted by Gasteiger charge is 2.33. The molecule has 0 aromatic heterocycles. The van der Waals surface area contributed by atoms with E-state index in [0.717, 1.165) is 22.3 Å². The van der Waals surface area contributed by atoms with Crippen LogP contribution in [-0.4, -0.2) is 66.7 Å². The fourth-order valence-electron chi connectivity index (χ4n) is 4.55. The van der Waals surface area contributed by atoms with Gasteiger partial charge in [-0.1, -0.05) is 48.5 Å². The van der Waals surface area contributed by atoms with Gasteiger partial charge in [-0.15, -0.1) is 0 Å². The molecule has 2 aromatic rings. The van der Waals surface area contributed by atoms with Gasteiger partial charge in [0, 0.05) is 25.5 Å². The number of carboxylic acids is 1. The smallest absolute Gasteiger partial charge is 0.407 e. The summed E-state index contributed by atoms with van der Waals surface area (Å²) in [6.45, 7) is 0.177. The third-order valence-electron chi connectivity index (χ3n) is 6.30. The van der Waals surface area contributed by atoms with Crippen molar-refractivity contribution in [2.45, 2.75) is 30.9 Å². The van der Waals surface area contributed by atoms with Crippen LogP contribution in [0.1, 0.15) is 29.9 Å². The summed E-state index contributed by atoms with van der Waals surface area (Å²) in [5.74, 6) is -2.19. The highest BCUT2D eigenvalue weighted by molar-refractivity contribution is 5.85. The fraction of sp³-hybridized carbons (Fsp3) is 0.400. The summed E-state index contributed by atoms with van der Waals surface area (Å²) in [5, 5.41) is 23.2. The molecule has 0 bridgehead atoms. The van der Waals surface area contributed by atoms with Crippen LogP contribution >= 0.6 is 0 Å². The van der Waals surface area contributed by atoms with E-state index in [1.54, 1.807) is 0 Å². The number of fused-ring (bicyclic) bond motifs is 3. The maximum atomic E-state index is 12.3. The van der Waals surface area contributed by atoms with Crippen molar-refractivity contribution in [3.8, 4) is 11.1 Å². The Hall–Kier alpha value is -3.43. The normalized spacial score (nSPS) is 19.7. The molecule has 2 amide bonds. The molecule has 180 valence electrons. The van der Waals surface area contributed by atoms with E-state index in [-0.39, 0.29) is 44.8 Å². The van der Waals surface area contributed by atoms with Gasteiger partial charge in [0.05, 0.1) is 18.6 Å². The first-order valence-corrected chi connectivity index (χ1v) is 11.3. The monoisotopic (exact) mass is 468 g/mol. The molecule has 0 unspecified atom stereocenters. The molecule has 9 heteroatoms. The predicted octanol–water partition coefficient (Wildman–Crippen LogP) is 1.88. The quantitative estimate of drug-likeness (QED) is 0.441. The molecule has 3 atom stereocenters. The summed E-state index contributed by atoms with van der Waals surface area (Å²) in [5.41, 5.74) is 4.57. The van der Waals surface area contributed by atoms with Crippen molar-refractivity contribution >= 4 is 18.0 Å². The first-order chi connectivity index (χ1) is 16.5. The number of carbonyl (C=O) groups is 3. The highest BCUT2D eigenvalue weighted by atomic mass is 16.5. The number of alkyl carbamates (subject to hydrolysis) is 1. The zero-order valence-corrected chi connectivity index (χ0v) is 18.6. The first kappa shape index (κ1) is 23.7. The lowest BCUT2D eigenvalue weighted by molar-refractivity contribution is -0.142. The summed E-state index contributed by atoms with van der Waals surface area (Å²) in [6, 6.07) is 15.0. The van der Waals surface area contributed by atoms with Crippen molar-refractivity contribution in [3.63, 3.8) is 0 Å². The van der Waals surface area contributed by atoms with Gasteiger partial charge in [-0.05, 0) is 28.7 Å². The Morgan fingerprint density at radius 1 is 1.06 bits per heavy atom. The Morgan fingerprint density at radius 2 is 1.71 bits per heavy atom. The third kappa shape index (κ3) is 5.21. The molecule has 1 aliphatic carbocycles. The van der Waals surface area contributed by atoms with Gasteiger partial charge in [-0.3, -0.25) is 4.79 Å². The maximum absolute atomic E-state index is 12.3. The molecule has 0 spiro atoms. The lowest BCUT2D eigenvalue weighted by atomic mass is 9.98. The van der Waals surface area contributed by atoms with E-state index < -0.39 is 29.9 Å². The first-order valence-electron chi connectivity index (χ1n) is 11.3. The molecule has 0 saturated carbocycles. The maximum Gasteiger partial charge on any atom is 0.407 e. The molecule has 4 N–H and O–H groups in total. The van der Waals surface area contributed by atoms with Crippen molar-refractivity contribution in [2.75, 3.05) is 26.4 Å². The molecule has 1 fully saturated rings. The van der Waals surface area contributed by atoms with E-state index in [9.17, 15) is 14.4 Å². The van der Waals surface area contributed by atoms with Gasteiger partial charge >= 0.3 is 12.1 Å². The number of nitrogens with one attached hydrogen (secondary N) is 2. The molecular weight excluding hydrogens is 440 g/mol. The Bertz CT molecular complexity index is 1010. The topological polar surface area (TPSA) is 134 Å². The van der Waals surface area contributed by atoms with Crippen LogP contribution in [0.25, 0.3) is 11.1 Å². The SMILES string of the molecule is O=C(NC[C@@H]1C[C@H](C(=O)N[C@H](CCO)C(=O)O)CO1)OCC1c2ccccc2-c2ccccc21. The summed E-state index contributed by atoms with van der Waals surface area (Å²) in [6.07, 6.45) is -0.660. The van der Waals surface area contributed by atoms with E-state index in [4.69, 9.17) is 19.7 Å². The van der Waals surface area contributed by atoms with Gasteiger partial charge in [0.25, 0.3) is 0 Å². The minimum atomic E-state index is -1.20. The van der Waals surface area contributed by atoms with E-state index in [1.807, 2.05) is 36.4 Å². The van der Waals surface area contributed by atoms with Gasteiger partial charge in [0.1, 0.15) is 12.6 Å². The third-order valence-corrected chi connectivity index (χ3v) is 6.30. The summed E-state index contributed by atoms with van der Waals surface area (Å²) in [4.78, 5) is 35.8. The van der Waals surface area contributed by atoms with Crippen LogP contribution in [0, 0.1) is 5.92 Å². The second-order valence-electron chi connectivity index (χ2n) is 8.51. The van der Waals surface area contributed by atoms with Crippen LogP contribution < -0.4 is 10.6 Å². The number of aliphatic hydroxyl groups excluding tert-OH is 1. The molecule has 1 heterocycles. The van der Waals surface area contributed by atoms with E-state index in [0.29, 0.717) is 6.42 Å². The number of aliphatic hydroxyl groups is 1. The van der Waals surface area contributed by atoms with Crippen LogP contribution in [0.3, 0.4) is 0 Å². The Labute approximate surface area is 197 Å². The molecule has 2 aliphatic rings. The average molecular weight is 469 g/mol. The minimum Gasteiger partial charge on any atom is -0.480 e. The Kier molecular flexibility index (Phi) is 7.44. The van der Waals surface area contributed by atoms with Crippen molar-refractivity contribution < 1.29 is 34.1 Å². The molecular formula is C25H28N2O7. The van der Waals surface area contributed by atoms with Gasteiger partial charge in [-0.2, -0.15) is 0 Å². The fourth-order valence-corrected chi connectivity index (χ4v) is 4.55. The van der Waals surface area contributed by atoms with Crippen LogP contribution in [0.15, 0.2) is 48.5 Å². The minimum absolute atomic E-state index is 0.0324. The van der Waals surface area contributed by atoms with E-state index in [2.05, 4.69) is 22.8 Å². The number of hydrogen-bond donors (Lipinski definition) is 4. The molecule has 34 heavy (non-hydrogen) atoms. The Balaban J connectivity index is 1.24. The van der Waals surface area contributed by atoms with Gasteiger partial charge < -0.3 is 30.3 Å². The summed E-state index contributed by atoms with van der Waals surface area (Å²) in [7, 11) is 0. The molecule has 4 rings (SSSR count). The number of amides is 2. The van der Waals surface area contributed by atoms with Gasteiger partial charge in [-0.25, -0.2) is 9.59 Å². The van der Waals surface area contributed by atoms with Crippen molar-refractivity contribution in [1.82, 2.24) is 10.6 Å². The summed E-state index contributed by atoms with van der Waals surface area (Å²) < 4.78 is 11.1.